The van der Waals surface area contributed by atoms with Crippen molar-refractivity contribution < 1.29 is 9.90 Å². The van der Waals surface area contributed by atoms with Crippen LogP contribution in [0, 0.1) is 6.92 Å². The summed E-state index contributed by atoms with van der Waals surface area (Å²) in [5.74, 6) is 0.0223. The third-order valence-corrected chi connectivity index (χ3v) is 5.30. The molecule has 0 amide bonds. The normalized spacial score (nSPS) is 10.6. The Morgan fingerprint density at radius 2 is 2.32 bits per heavy atom. The van der Waals surface area contributed by atoms with E-state index in [-0.39, 0.29) is 6.42 Å². The van der Waals surface area contributed by atoms with Crippen molar-refractivity contribution >= 4 is 45.0 Å². The maximum absolute atomic E-state index is 10.7. The number of hydrogen-bond acceptors (Lipinski definition) is 4. The number of benzene rings is 1. The van der Waals surface area contributed by atoms with Crippen LogP contribution in [-0.2, 0) is 17.0 Å². The molecule has 0 spiro atoms. The van der Waals surface area contributed by atoms with E-state index < -0.39 is 5.97 Å². The summed E-state index contributed by atoms with van der Waals surface area (Å²) >= 11 is 6.55. The number of hydrogen-bond donors (Lipinski definition) is 1. The first kappa shape index (κ1) is 14.6. The SMILES string of the molecule is Cc1nc(SCc2cccc(Br)c2)sc1CC(=O)O. The van der Waals surface area contributed by atoms with Gasteiger partial charge >= 0.3 is 5.97 Å². The van der Waals surface area contributed by atoms with Gasteiger partial charge in [-0.05, 0) is 24.6 Å². The maximum Gasteiger partial charge on any atom is 0.308 e. The van der Waals surface area contributed by atoms with Crippen molar-refractivity contribution in [3.63, 3.8) is 0 Å². The lowest BCUT2D eigenvalue weighted by atomic mass is 10.2. The molecule has 0 aliphatic heterocycles. The van der Waals surface area contributed by atoms with Gasteiger partial charge in [-0.2, -0.15) is 0 Å². The van der Waals surface area contributed by atoms with Gasteiger partial charge in [0.25, 0.3) is 0 Å². The monoisotopic (exact) mass is 357 g/mol. The van der Waals surface area contributed by atoms with Gasteiger partial charge in [0.2, 0.25) is 0 Å². The number of thiazole rings is 1. The van der Waals surface area contributed by atoms with Gasteiger partial charge in [0, 0.05) is 15.1 Å². The standard InChI is InChI=1S/C13H12BrNO2S2/c1-8-11(6-12(16)17)19-13(15-8)18-7-9-3-2-4-10(14)5-9/h2-5H,6-7H2,1H3,(H,16,17). The zero-order chi connectivity index (χ0) is 13.8. The lowest BCUT2D eigenvalue weighted by Gasteiger charge is -1.99. The predicted molar refractivity (Wildman–Crippen MR) is 81.9 cm³/mol. The van der Waals surface area contributed by atoms with E-state index in [0.29, 0.717) is 0 Å². The van der Waals surface area contributed by atoms with Gasteiger partial charge in [-0.1, -0.05) is 39.8 Å². The minimum atomic E-state index is -0.810. The van der Waals surface area contributed by atoms with Gasteiger partial charge in [0.15, 0.2) is 4.34 Å². The molecule has 0 atom stereocenters. The lowest BCUT2D eigenvalue weighted by molar-refractivity contribution is -0.136. The fourth-order valence-corrected chi connectivity index (χ4v) is 4.15. The summed E-state index contributed by atoms with van der Waals surface area (Å²) in [6.07, 6.45) is 0.0565. The fraction of sp³-hybridized carbons (Fsp3) is 0.231. The second-order valence-corrected chi connectivity index (χ2v) is 7.20. The lowest BCUT2D eigenvalue weighted by Crippen LogP contribution is -1.99. The summed E-state index contributed by atoms with van der Waals surface area (Å²) in [6, 6.07) is 8.14. The van der Waals surface area contributed by atoms with E-state index in [9.17, 15) is 4.79 Å². The molecule has 0 aliphatic carbocycles. The summed E-state index contributed by atoms with van der Waals surface area (Å²) in [4.78, 5) is 16.0. The molecule has 0 saturated heterocycles. The van der Waals surface area contributed by atoms with Crippen LogP contribution in [0.1, 0.15) is 16.1 Å². The van der Waals surface area contributed by atoms with Gasteiger partial charge in [-0.15, -0.1) is 11.3 Å². The Labute approximate surface area is 128 Å². The van der Waals surface area contributed by atoms with Crippen molar-refractivity contribution in [2.24, 2.45) is 0 Å². The molecular weight excluding hydrogens is 346 g/mol. The first-order chi connectivity index (χ1) is 9.04. The molecule has 2 rings (SSSR count). The van der Waals surface area contributed by atoms with E-state index in [4.69, 9.17) is 5.11 Å². The summed E-state index contributed by atoms with van der Waals surface area (Å²) in [7, 11) is 0. The van der Waals surface area contributed by atoms with Gasteiger partial charge in [-0.3, -0.25) is 4.79 Å². The van der Waals surface area contributed by atoms with Gasteiger partial charge in [0.05, 0.1) is 12.1 Å². The van der Waals surface area contributed by atoms with E-state index in [1.807, 2.05) is 19.1 Å². The molecule has 0 saturated carbocycles. The Morgan fingerprint density at radius 3 is 3.00 bits per heavy atom. The highest BCUT2D eigenvalue weighted by Crippen LogP contribution is 2.30. The van der Waals surface area contributed by atoms with Crippen molar-refractivity contribution in [3.05, 3.63) is 44.9 Å². The van der Waals surface area contributed by atoms with Crippen LogP contribution in [0.3, 0.4) is 0 Å². The van der Waals surface area contributed by atoms with E-state index in [2.05, 4.69) is 33.0 Å². The Balaban J connectivity index is 2.02. The molecule has 3 nitrogen and oxygen atoms in total. The highest BCUT2D eigenvalue weighted by molar-refractivity contribution is 9.10. The van der Waals surface area contributed by atoms with Crippen LogP contribution in [0.4, 0.5) is 0 Å². The second-order valence-electron chi connectivity index (χ2n) is 3.98. The molecule has 2 aromatic rings. The van der Waals surface area contributed by atoms with Crippen molar-refractivity contribution in [1.82, 2.24) is 4.98 Å². The van der Waals surface area contributed by atoms with Gasteiger partial charge in [-0.25, -0.2) is 4.98 Å². The van der Waals surface area contributed by atoms with Gasteiger partial charge < -0.3 is 5.11 Å². The highest BCUT2D eigenvalue weighted by Gasteiger charge is 2.11. The highest BCUT2D eigenvalue weighted by atomic mass is 79.9. The summed E-state index contributed by atoms with van der Waals surface area (Å²) in [6.45, 7) is 1.86. The number of aryl methyl sites for hydroxylation is 1. The average Bonchev–Trinajstić information content (AvgIpc) is 2.67. The zero-order valence-electron chi connectivity index (χ0n) is 10.2. The van der Waals surface area contributed by atoms with Gasteiger partial charge in [0.1, 0.15) is 0 Å². The van der Waals surface area contributed by atoms with Crippen LogP contribution in [0.2, 0.25) is 0 Å². The first-order valence-electron chi connectivity index (χ1n) is 5.60. The quantitative estimate of drug-likeness (QED) is 0.817. The molecule has 0 bridgehead atoms. The van der Waals surface area contributed by atoms with Crippen molar-refractivity contribution in [2.45, 2.75) is 23.4 Å². The molecular formula is C13H12BrNO2S2. The van der Waals surface area contributed by atoms with Crippen LogP contribution in [0.15, 0.2) is 33.1 Å². The number of aliphatic carboxylic acids is 1. The molecule has 1 heterocycles. The smallest absolute Gasteiger partial charge is 0.308 e. The summed E-state index contributed by atoms with van der Waals surface area (Å²) in [5.41, 5.74) is 2.04. The third-order valence-electron chi connectivity index (χ3n) is 2.44. The average molecular weight is 358 g/mol. The number of thioether (sulfide) groups is 1. The molecule has 0 fully saturated rings. The Morgan fingerprint density at radius 1 is 1.53 bits per heavy atom. The fourth-order valence-electron chi connectivity index (χ4n) is 1.54. The van der Waals surface area contributed by atoms with Crippen LogP contribution in [0.5, 0.6) is 0 Å². The van der Waals surface area contributed by atoms with Crippen LogP contribution in [-0.4, -0.2) is 16.1 Å². The molecule has 19 heavy (non-hydrogen) atoms. The Bertz CT molecular complexity index is 598. The number of carboxylic acids is 1. The maximum atomic E-state index is 10.7. The minimum Gasteiger partial charge on any atom is -0.481 e. The summed E-state index contributed by atoms with van der Waals surface area (Å²) < 4.78 is 1.99. The van der Waals surface area contributed by atoms with E-state index in [1.165, 1.54) is 16.9 Å². The Kier molecular flexibility index (Phi) is 5.01. The molecule has 1 aromatic carbocycles. The van der Waals surface area contributed by atoms with E-state index >= 15 is 0 Å². The van der Waals surface area contributed by atoms with Crippen molar-refractivity contribution in [2.75, 3.05) is 0 Å². The molecule has 6 heteroatoms. The molecule has 1 N–H and O–H groups in total. The zero-order valence-corrected chi connectivity index (χ0v) is 13.4. The van der Waals surface area contributed by atoms with Crippen LogP contribution < -0.4 is 0 Å². The number of carbonyl (C=O) groups is 1. The van der Waals surface area contributed by atoms with E-state index in [0.717, 1.165) is 25.1 Å². The second kappa shape index (κ2) is 6.54. The number of carboxylic acid groups (broad SMARTS) is 1. The van der Waals surface area contributed by atoms with Crippen molar-refractivity contribution in [3.8, 4) is 0 Å². The molecule has 0 aliphatic rings. The number of aromatic nitrogens is 1. The first-order valence-corrected chi connectivity index (χ1v) is 8.19. The van der Waals surface area contributed by atoms with Crippen molar-refractivity contribution in [1.29, 1.82) is 0 Å². The predicted octanol–water partition coefficient (Wildman–Crippen LogP) is 4.13. The van der Waals surface area contributed by atoms with E-state index in [1.54, 1.807) is 11.8 Å². The third kappa shape index (κ3) is 4.33. The number of rotatable bonds is 5. The summed E-state index contributed by atoms with van der Waals surface area (Å²) in [5, 5.41) is 8.81. The molecule has 0 radical (unpaired) electrons. The minimum absolute atomic E-state index is 0.0565. The Hall–Kier alpha value is -0.850. The molecule has 0 unspecified atom stereocenters. The molecule has 100 valence electrons. The van der Waals surface area contributed by atoms with Crippen LogP contribution in [0.25, 0.3) is 0 Å². The van der Waals surface area contributed by atoms with Crippen LogP contribution >= 0.6 is 39.0 Å². The topological polar surface area (TPSA) is 50.2 Å². The molecule has 1 aromatic heterocycles. The number of halogens is 1. The number of nitrogens with zero attached hydrogens (tertiary/aromatic N) is 1. The largest absolute Gasteiger partial charge is 0.481 e.